The van der Waals surface area contributed by atoms with Gasteiger partial charge in [-0.1, -0.05) is 54.6 Å². The first kappa shape index (κ1) is 16.4. The minimum absolute atomic E-state index is 0.0881. The number of pyridine rings is 1. The fourth-order valence-electron chi connectivity index (χ4n) is 2.84. The lowest BCUT2D eigenvalue weighted by molar-refractivity contribution is 0.0724. The molecule has 0 aliphatic carbocycles. The van der Waals surface area contributed by atoms with E-state index in [2.05, 4.69) is 9.97 Å². The molecule has 5 heteroatoms. The number of benzene rings is 2. The Morgan fingerprint density at radius 3 is 2.54 bits per heavy atom. The number of thiazole rings is 1. The molecule has 26 heavy (non-hydrogen) atoms. The number of rotatable bonds is 5. The van der Waals surface area contributed by atoms with E-state index in [1.165, 1.54) is 0 Å². The summed E-state index contributed by atoms with van der Waals surface area (Å²) in [5.41, 5.74) is 2.36. The van der Waals surface area contributed by atoms with E-state index >= 15 is 0 Å². The maximum absolute atomic E-state index is 13.2. The molecule has 4 rings (SSSR count). The molecule has 0 bridgehead atoms. The number of nitrogens with zero attached hydrogens (tertiary/aromatic N) is 3. The van der Waals surface area contributed by atoms with Gasteiger partial charge in [0.25, 0.3) is 5.91 Å². The van der Waals surface area contributed by atoms with E-state index in [1.54, 1.807) is 28.5 Å². The number of carbonyl (C=O) groups is 1. The van der Waals surface area contributed by atoms with Crippen molar-refractivity contribution in [2.75, 3.05) is 0 Å². The van der Waals surface area contributed by atoms with Gasteiger partial charge >= 0.3 is 0 Å². The maximum Gasteiger partial charge on any atom is 0.273 e. The van der Waals surface area contributed by atoms with Crippen LogP contribution in [-0.4, -0.2) is 20.8 Å². The molecule has 4 aromatic rings. The number of fused-ring (bicyclic) bond motifs is 1. The molecule has 0 saturated heterocycles. The van der Waals surface area contributed by atoms with Gasteiger partial charge in [0.2, 0.25) is 0 Å². The average molecular weight is 359 g/mol. The summed E-state index contributed by atoms with van der Waals surface area (Å²) in [4.78, 5) is 23.8. The SMILES string of the molecule is O=C(c1ccc2ccccc2n1)N(Cc1ccccc1)Cc1nccs1. The number of hydrogen-bond acceptors (Lipinski definition) is 4. The minimum atomic E-state index is -0.0881. The van der Waals surface area contributed by atoms with Gasteiger partial charge in [0.05, 0.1) is 12.1 Å². The van der Waals surface area contributed by atoms with Crippen molar-refractivity contribution in [3.05, 3.63) is 94.6 Å². The number of para-hydroxylation sites is 1. The average Bonchev–Trinajstić information content (AvgIpc) is 3.20. The third-order valence-corrected chi connectivity index (χ3v) is 4.89. The highest BCUT2D eigenvalue weighted by Crippen LogP contribution is 2.17. The Morgan fingerprint density at radius 1 is 0.923 bits per heavy atom. The van der Waals surface area contributed by atoms with Crippen LogP contribution in [0, 0.1) is 0 Å². The molecule has 0 aliphatic heterocycles. The molecule has 0 atom stereocenters. The monoisotopic (exact) mass is 359 g/mol. The second-order valence-corrected chi connectivity index (χ2v) is 6.94. The summed E-state index contributed by atoms with van der Waals surface area (Å²) in [6, 6.07) is 21.5. The summed E-state index contributed by atoms with van der Waals surface area (Å²) in [5, 5.41) is 3.86. The first-order chi connectivity index (χ1) is 12.8. The van der Waals surface area contributed by atoms with Crippen molar-refractivity contribution in [2.24, 2.45) is 0 Å². The molecule has 0 spiro atoms. The van der Waals surface area contributed by atoms with Crippen molar-refractivity contribution in [3.63, 3.8) is 0 Å². The van der Waals surface area contributed by atoms with Gasteiger partial charge in [-0.25, -0.2) is 9.97 Å². The van der Waals surface area contributed by atoms with Crippen LogP contribution in [0.15, 0.2) is 78.3 Å². The lowest BCUT2D eigenvalue weighted by Gasteiger charge is -2.21. The summed E-state index contributed by atoms with van der Waals surface area (Å²) in [6.07, 6.45) is 1.76. The highest BCUT2D eigenvalue weighted by Gasteiger charge is 2.19. The van der Waals surface area contributed by atoms with Crippen LogP contribution in [0.4, 0.5) is 0 Å². The Kier molecular flexibility index (Phi) is 4.71. The number of hydrogen-bond donors (Lipinski definition) is 0. The summed E-state index contributed by atoms with van der Waals surface area (Å²) in [7, 11) is 0. The van der Waals surface area contributed by atoms with E-state index in [9.17, 15) is 4.79 Å². The fourth-order valence-corrected chi connectivity index (χ4v) is 3.48. The molecule has 0 radical (unpaired) electrons. The third-order valence-electron chi connectivity index (χ3n) is 4.13. The van der Waals surface area contributed by atoms with Gasteiger partial charge < -0.3 is 4.90 Å². The van der Waals surface area contributed by atoms with Crippen LogP contribution in [0.1, 0.15) is 21.1 Å². The van der Waals surface area contributed by atoms with Gasteiger partial charge in [-0.15, -0.1) is 11.3 Å². The highest BCUT2D eigenvalue weighted by molar-refractivity contribution is 7.09. The minimum Gasteiger partial charge on any atom is -0.326 e. The van der Waals surface area contributed by atoms with Crippen molar-refractivity contribution in [2.45, 2.75) is 13.1 Å². The lowest BCUT2D eigenvalue weighted by atomic mass is 10.1. The smallest absolute Gasteiger partial charge is 0.273 e. The maximum atomic E-state index is 13.2. The van der Waals surface area contributed by atoms with Crippen LogP contribution in [0.5, 0.6) is 0 Å². The van der Waals surface area contributed by atoms with E-state index in [-0.39, 0.29) is 5.91 Å². The van der Waals surface area contributed by atoms with E-state index in [4.69, 9.17) is 0 Å². The van der Waals surface area contributed by atoms with Crippen LogP contribution < -0.4 is 0 Å². The zero-order valence-corrected chi connectivity index (χ0v) is 14.9. The molecule has 0 N–H and O–H groups in total. The topological polar surface area (TPSA) is 46.1 Å². The van der Waals surface area contributed by atoms with E-state index < -0.39 is 0 Å². The summed E-state index contributed by atoms with van der Waals surface area (Å²) >= 11 is 1.55. The summed E-state index contributed by atoms with van der Waals surface area (Å²) in [6.45, 7) is 0.994. The Morgan fingerprint density at radius 2 is 1.73 bits per heavy atom. The quantitative estimate of drug-likeness (QED) is 0.526. The Hall–Kier alpha value is -3.05. The standard InChI is InChI=1S/C21H17N3OS/c25-21(19-11-10-17-8-4-5-9-18(17)23-19)24(15-20-22-12-13-26-20)14-16-6-2-1-3-7-16/h1-13H,14-15H2. The van der Waals surface area contributed by atoms with Crippen molar-refractivity contribution < 1.29 is 4.79 Å². The zero-order chi connectivity index (χ0) is 17.8. The molecule has 2 aromatic heterocycles. The molecule has 128 valence electrons. The van der Waals surface area contributed by atoms with Crippen LogP contribution >= 0.6 is 11.3 Å². The van der Waals surface area contributed by atoms with E-state index in [0.29, 0.717) is 18.8 Å². The molecule has 2 aromatic carbocycles. The van der Waals surface area contributed by atoms with Gasteiger partial charge in [-0.05, 0) is 17.7 Å². The Bertz CT molecular complexity index is 1020. The molecule has 0 aliphatic rings. The van der Waals surface area contributed by atoms with Crippen molar-refractivity contribution in [3.8, 4) is 0 Å². The largest absolute Gasteiger partial charge is 0.326 e. The van der Waals surface area contributed by atoms with Gasteiger partial charge in [-0.3, -0.25) is 4.79 Å². The normalized spacial score (nSPS) is 10.8. The highest BCUT2D eigenvalue weighted by atomic mass is 32.1. The summed E-state index contributed by atoms with van der Waals surface area (Å²) in [5.74, 6) is -0.0881. The molecule has 0 unspecified atom stereocenters. The first-order valence-corrected chi connectivity index (χ1v) is 9.25. The van der Waals surface area contributed by atoms with Crippen molar-refractivity contribution in [1.29, 1.82) is 0 Å². The Labute approximate surface area is 155 Å². The van der Waals surface area contributed by atoms with E-state index in [1.807, 2.05) is 66.0 Å². The molecular weight excluding hydrogens is 342 g/mol. The second kappa shape index (κ2) is 7.45. The number of amides is 1. The molecule has 0 saturated carbocycles. The lowest BCUT2D eigenvalue weighted by Crippen LogP contribution is -2.30. The molecule has 1 amide bonds. The van der Waals surface area contributed by atoms with Gasteiger partial charge in [0.1, 0.15) is 10.7 Å². The zero-order valence-electron chi connectivity index (χ0n) is 14.1. The molecular formula is C21H17N3OS. The van der Waals surface area contributed by atoms with Crippen LogP contribution in [-0.2, 0) is 13.1 Å². The van der Waals surface area contributed by atoms with Gasteiger partial charge in [0, 0.05) is 23.5 Å². The fraction of sp³-hybridized carbons (Fsp3) is 0.0952. The molecule has 4 nitrogen and oxygen atoms in total. The second-order valence-electron chi connectivity index (χ2n) is 5.96. The molecule has 0 fully saturated rings. The number of aromatic nitrogens is 2. The van der Waals surface area contributed by atoms with Gasteiger partial charge in [-0.2, -0.15) is 0 Å². The Balaban J connectivity index is 1.65. The predicted octanol–water partition coefficient (Wildman–Crippen LogP) is 4.53. The van der Waals surface area contributed by atoms with Crippen molar-refractivity contribution in [1.82, 2.24) is 14.9 Å². The van der Waals surface area contributed by atoms with Crippen LogP contribution in [0.3, 0.4) is 0 Å². The van der Waals surface area contributed by atoms with E-state index in [0.717, 1.165) is 21.5 Å². The van der Waals surface area contributed by atoms with Crippen molar-refractivity contribution >= 4 is 28.1 Å². The summed E-state index contributed by atoms with van der Waals surface area (Å²) < 4.78 is 0. The first-order valence-electron chi connectivity index (χ1n) is 8.37. The predicted molar refractivity (Wildman–Crippen MR) is 104 cm³/mol. The van der Waals surface area contributed by atoms with Gasteiger partial charge in [0.15, 0.2) is 0 Å². The number of carbonyl (C=O) groups excluding carboxylic acids is 1. The third kappa shape index (κ3) is 3.63. The van der Waals surface area contributed by atoms with Crippen LogP contribution in [0.25, 0.3) is 10.9 Å². The van der Waals surface area contributed by atoms with Crippen LogP contribution in [0.2, 0.25) is 0 Å². The molecule has 2 heterocycles.